The van der Waals surface area contributed by atoms with E-state index < -0.39 is 5.97 Å². The molecule has 2 aromatic rings. The van der Waals surface area contributed by atoms with Gasteiger partial charge in [-0.15, -0.1) is 5.10 Å². The van der Waals surface area contributed by atoms with Gasteiger partial charge in [-0.2, -0.15) is 0 Å². The maximum atomic E-state index is 11.1. The lowest BCUT2D eigenvalue weighted by atomic mass is 10.2. The molecule has 0 aliphatic heterocycles. The first kappa shape index (κ1) is 14.0. The molecule has 1 N–H and O–H groups in total. The second kappa shape index (κ2) is 6.14. The Morgan fingerprint density at radius 2 is 2.30 bits per heavy atom. The summed E-state index contributed by atoms with van der Waals surface area (Å²) in [5.41, 5.74) is 1.45. The molecular formula is C13H16N4O3. The van der Waals surface area contributed by atoms with Crippen LogP contribution in [0.1, 0.15) is 35.1 Å². The van der Waals surface area contributed by atoms with Gasteiger partial charge in [0.1, 0.15) is 0 Å². The van der Waals surface area contributed by atoms with Crippen molar-refractivity contribution in [1.29, 1.82) is 0 Å². The fraction of sp³-hybridized carbons (Fsp3) is 0.385. The molecule has 0 unspecified atom stereocenters. The summed E-state index contributed by atoms with van der Waals surface area (Å²) in [5, 5.41) is 16.8. The molecule has 0 saturated heterocycles. The van der Waals surface area contributed by atoms with E-state index in [2.05, 4.69) is 15.3 Å². The van der Waals surface area contributed by atoms with Crippen LogP contribution in [0, 0.1) is 0 Å². The number of hydrogen-bond acceptors (Lipinski definition) is 5. The van der Waals surface area contributed by atoms with Crippen molar-refractivity contribution in [2.24, 2.45) is 0 Å². The standard InChI is InChI=1S/C13H16N4O3/c1-3-5-10-11(13(18)19)15-16-17(10)8-9-6-4-7-14-12(9)20-2/h4,6-7H,3,5,8H2,1-2H3,(H,18,19). The van der Waals surface area contributed by atoms with Crippen molar-refractivity contribution in [2.75, 3.05) is 7.11 Å². The van der Waals surface area contributed by atoms with E-state index in [1.54, 1.807) is 24.1 Å². The molecule has 0 saturated carbocycles. The molecule has 0 spiro atoms. The maximum Gasteiger partial charge on any atom is 0.358 e. The van der Waals surface area contributed by atoms with Gasteiger partial charge in [0.15, 0.2) is 5.69 Å². The number of carboxylic acid groups (broad SMARTS) is 1. The molecule has 0 bridgehead atoms. The minimum absolute atomic E-state index is 0.00899. The smallest absolute Gasteiger partial charge is 0.358 e. The molecule has 0 fully saturated rings. The summed E-state index contributed by atoms with van der Waals surface area (Å²) in [6.45, 7) is 2.36. The number of carbonyl (C=O) groups is 1. The van der Waals surface area contributed by atoms with Crippen molar-refractivity contribution in [3.8, 4) is 5.88 Å². The average molecular weight is 276 g/mol. The van der Waals surface area contributed by atoms with Gasteiger partial charge in [-0.05, 0) is 12.5 Å². The Kier molecular flexibility index (Phi) is 4.29. The average Bonchev–Trinajstić information content (AvgIpc) is 2.83. The van der Waals surface area contributed by atoms with Crippen molar-refractivity contribution in [3.05, 3.63) is 35.3 Å². The number of ether oxygens (including phenoxy) is 1. The number of rotatable bonds is 6. The highest BCUT2D eigenvalue weighted by atomic mass is 16.5. The Bertz CT molecular complexity index is 609. The third-order valence-electron chi connectivity index (χ3n) is 2.89. The van der Waals surface area contributed by atoms with Crippen molar-refractivity contribution in [2.45, 2.75) is 26.3 Å². The molecule has 0 atom stereocenters. The highest BCUT2D eigenvalue weighted by molar-refractivity contribution is 5.86. The molecule has 7 heteroatoms. The molecule has 0 aliphatic rings. The van der Waals surface area contributed by atoms with Crippen LogP contribution < -0.4 is 4.74 Å². The first-order valence-electron chi connectivity index (χ1n) is 6.30. The van der Waals surface area contributed by atoms with Gasteiger partial charge < -0.3 is 9.84 Å². The zero-order valence-corrected chi connectivity index (χ0v) is 11.4. The van der Waals surface area contributed by atoms with E-state index in [0.717, 1.165) is 12.0 Å². The first-order valence-corrected chi connectivity index (χ1v) is 6.30. The Balaban J connectivity index is 2.36. The summed E-state index contributed by atoms with van der Waals surface area (Å²) >= 11 is 0. The minimum Gasteiger partial charge on any atom is -0.481 e. The van der Waals surface area contributed by atoms with Crippen LogP contribution in [0.3, 0.4) is 0 Å². The summed E-state index contributed by atoms with van der Waals surface area (Å²) < 4.78 is 6.77. The van der Waals surface area contributed by atoms with Gasteiger partial charge in [-0.1, -0.05) is 24.6 Å². The van der Waals surface area contributed by atoms with Crippen molar-refractivity contribution >= 4 is 5.97 Å². The Hall–Kier alpha value is -2.44. The maximum absolute atomic E-state index is 11.1. The van der Waals surface area contributed by atoms with Gasteiger partial charge >= 0.3 is 5.97 Å². The summed E-state index contributed by atoms with van der Waals surface area (Å²) in [7, 11) is 1.54. The van der Waals surface area contributed by atoms with Gasteiger partial charge in [-0.25, -0.2) is 14.5 Å². The SMILES string of the molecule is CCCc1c(C(=O)O)nnn1Cc1cccnc1OC. The van der Waals surface area contributed by atoms with Crippen LogP contribution in [0.5, 0.6) is 5.88 Å². The topological polar surface area (TPSA) is 90.1 Å². The fourth-order valence-corrected chi connectivity index (χ4v) is 2.00. The molecule has 0 aromatic carbocycles. The molecule has 0 amide bonds. The second-order valence-electron chi connectivity index (χ2n) is 4.27. The number of aromatic nitrogens is 4. The Morgan fingerprint density at radius 3 is 2.95 bits per heavy atom. The van der Waals surface area contributed by atoms with E-state index in [1.165, 1.54) is 0 Å². The van der Waals surface area contributed by atoms with E-state index in [1.807, 2.05) is 13.0 Å². The number of hydrogen-bond donors (Lipinski definition) is 1. The lowest BCUT2D eigenvalue weighted by molar-refractivity contribution is 0.0689. The molecule has 2 heterocycles. The van der Waals surface area contributed by atoms with Crippen molar-refractivity contribution < 1.29 is 14.6 Å². The van der Waals surface area contributed by atoms with E-state index in [9.17, 15) is 4.79 Å². The monoisotopic (exact) mass is 276 g/mol. The van der Waals surface area contributed by atoms with Crippen LogP contribution in [0.15, 0.2) is 18.3 Å². The number of pyridine rings is 1. The zero-order chi connectivity index (χ0) is 14.5. The molecule has 7 nitrogen and oxygen atoms in total. The molecule has 0 aliphatic carbocycles. The van der Waals surface area contributed by atoms with Crippen LogP contribution in [-0.2, 0) is 13.0 Å². The second-order valence-corrected chi connectivity index (χ2v) is 4.27. The largest absolute Gasteiger partial charge is 0.481 e. The van der Waals surface area contributed by atoms with Crippen LogP contribution in [0.25, 0.3) is 0 Å². The normalized spacial score (nSPS) is 10.5. The lowest BCUT2D eigenvalue weighted by Gasteiger charge is -2.09. The van der Waals surface area contributed by atoms with Gasteiger partial charge in [0.05, 0.1) is 19.3 Å². The van der Waals surface area contributed by atoms with E-state index >= 15 is 0 Å². The van der Waals surface area contributed by atoms with Crippen LogP contribution in [0.4, 0.5) is 0 Å². The Morgan fingerprint density at radius 1 is 1.50 bits per heavy atom. The first-order chi connectivity index (χ1) is 9.67. The quantitative estimate of drug-likeness (QED) is 0.857. The third kappa shape index (κ3) is 2.76. The van der Waals surface area contributed by atoms with E-state index in [-0.39, 0.29) is 5.69 Å². The molecule has 2 rings (SSSR count). The van der Waals surface area contributed by atoms with Crippen LogP contribution in [0.2, 0.25) is 0 Å². The summed E-state index contributed by atoms with van der Waals surface area (Å²) in [6, 6.07) is 3.66. The molecular weight excluding hydrogens is 260 g/mol. The number of nitrogens with zero attached hydrogens (tertiary/aromatic N) is 4. The van der Waals surface area contributed by atoms with Gasteiger partial charge in [0.25, 0.3) is 0 Å². The molecule has 0 radical (unpaired) electrons. The third-order valence-corrected chi connectivity index (χ3v) is 2.89. The Labute approximate surface area is 116 Å². The highest BCUT2D eigenvalue weighted by Gasteiger charge is 2.19. The fourth-order valence-electron chi connectivity index (χ4n) is 2.00. The van der Waals surface area contributed by atoms with Gasteiger partial charge in [-0.3, -0.25) is 0 Å². The predicted octanol–water partition coefficient (Wildman–Crippen LogP) is 1.38. The van der Waals surface area contributed by atoms with Crippen LogP contribution >= 0.6 is 0 Å². The molecule has 20 heavy (non-hydrogen) atoms. The van der Waals surface area contributed by atoms with Crippen LogP contribution in [-0.4, -0.2) is 38.2 Å². The highest BCUT2D eigenvalue weighted by Crippen LogP contribution is 2.17. The summed E-state index contributed by atoms with van der Waals surface area (Å²) in [4.78, 5) is 15.2. The number of methoxy groups -OCH3 is 1. The molecule has 2 aromatic heterocycles. The van der Waals surface area contributed by atoms with Gasteiger partial charge in [0.2, 0.25) is 5.88 Å². The lowest BCUT2D eigenvalue weighted by Crippen LogP contribution is -2.10. The zero-order valence-electron chi connectivity index (χ0n) is 11.4. The van der Waals surface area contributed by atoms with E-state index in [4.69, 9.17) is 9.84 Å². The van der Waals surface area contributed by atoms with E-state index in [0.29, 0.717) is 24.5 Å². The summed E-state index contributed by atoms with van der Waals surface area (Å²) in [5.74, 6) is -0.555. The van der Waals surface area contributed by atoms with Gasteiger partial charge in [0, 0.05) is 11.8 Å². The predicted molar refractivity (Wildman–Crippen MR) is 70.9 cm³/mol. The number of carboxylic acids is 1. The number of aromatic carboxylic acids is 1. The van der Waals surface area contributed by atoms with Crippen molar-refractivity contribution in [1.82, 2.24) is 20.0 Å². The molecule has 106 valence electrons. The summed E-state index contributed by atoms with van der Waals surface area (Å²) in [6.07, 6.45) is 3.06. The van der Waals surface area contributed by atoms with Crippen molar-refractivity contribution in [3.63, 3.8) is 0 Å². The minimum atomic E-state index is -1.06.